The van der Waals surface area contributed by atoms with Gasteiger partial charge in [-0.1, -0.05) is 50.5 Å². The molecule has 1 saturated heterocycles. The third-order valence-electron chi connectivity index (χ3n) is 4.63. The Morgan fingerprint density at radius 1 is 1.09 bits per heavy atom. The molecule has 3 rings (SSSR count). The van der Waals surface area contributed by atoms with Gasteiger partial charge in [0.1, 0.15) is 0 Å². The molecular weight excluding hydrogens is 270 g/mol. The average molecular weight is 297 g/mol. The molecule has 1 fully saturated rings. The van der Waals surface area contributed by atoms with E-state index in [1.165, 1.54) is 36.8 Å². The largest absolute Gasteiger partial charge is 0.314 e. The summed E-state index contributed by atoms with van der Waals surface area (Å²) in [5.41, 5.74) is 2.37. The quantitative estimate of drug-likeness (QED) is 0.823. The van der Waals surface area contributed by atoms with Crippen LogP contribution >= 0.6 is 0 Å². The van der Waals surface area contributed by atoms with Crippen LogP contribution in [0.5, 0.6) is 0 Å². The van der Waals surface area contributed by atoms with Gasteiger partial charge in [0.2, 0.25) is 0 Å². The summed E-state index contributed by atoms with van der Waals surface area (Å²) in [6, 6.07) is 13.4. The van der Waals surface area contributed by atoms with Gasteiger partial charge in [0, 0.05) is 31.6 Å². The average Bonchev–Trinajstić information content (AvgIpc) is 2.59. The summed E-state index contributed by atoms with van der Waals surface area (Å²) in [6.07, 6.45) is 5.11. The maximum atomic E-state index is 4.97. The molecule has 0 bridgehead atoms. The first-order valence-corrected chi connectivity index (χ1v) is 8.69. The Morgan fingerprint density at radius 2 is 1.91 bits per heavy atom. The third-order valence-corrected chi connectivity index (χ3v) is 4.63. The molecule has 0 saturated carbocycles. The number of benzene rings is 1. The molecule has 2 aromatic rings. The molecule has 22 heavy (non-hydrogen) atoms. The van der Waals surface area contributed by atoms with Gasteiger partial charge in [-0.05, 0) is 18.6 Å². The molecule has 1 N–H and O–H groups in total. The summed E-state index contributed by atoms with van der Waals surface area (Å²) in [4.78, 5) is 7.58. The normalized spacial score (nSPS) is 17.7. The standard InChI is InChI=1S/C19H27N3/c1-2-3-4-9-19(22-14-12-20-13-15-22)18-11-10-16-7-5-6-8-17(16)21-18/h5-8,10-11,19-20H,2-4,9,12-15H2,1H3/t19-/m0/s1. The van der Waals surface area contributed by atoms with E-state index in [1.807, 2.05) is 0 Å². The van der Waals surface area contributed by atoms with Crippen LogP contribution < -0.4 is 5.32 Å². The van der Waals surface area contributed by atoms with Crippen LogP contribution in [0.1, 0.15) is 44.3 Å². The number of unbranched alkanes of at least 4 members (excludes halogenated alkanes) is 2. The highest BCUT2D eigenvalue weighted by atomic mass is 15.2. The minimum Gasteiger partial charge on any atom is -0.314 e. The Kier molecular flexibility index (Phi) is 5.41. The zero-order valence-corrected chi connectivity index (χ0v) is 13.6. The van der Waals surface area contributed by atoms with Crippen LogP contribution in [0.3, 0.4) is 0 Å². The van der Waals surface area contributed by atoms with Gasteiger partial charge in [-0.25, -0.2) is 0 Å². The van der Waals surface area contributed by atoms with Crippen LogP contribution in [0.2, 0.25) is 0 Å². The van der Waals surface area contributed by atoms with E-state index in [0.29, 0.717) is 6.04 Å². The summed E-state index contributed by atoms with van der Waals surface area (Å²) >= 11 is 0. The Labute approximate surface area is 133 Å². The van der Waals surface area contributed by atoms with Crippen molar-refractivity contribution in [3.63, 3.8) is 0 Å². The summed E-state index contributed by atoms with van der Waals surface area (Å²) in [7, 11) is 0. The number of piperazine rings is 1. The van der Waals surface area contributed by atoms with Crippen molar-refractivity contribution < 1.29 is 0 Å². The Balaban J connectivity index is 1.84. The van der Waals surface area contributed by atoms with Crippen molar-refractivity contribution >= 4 is 10.9 Å². The summed E-state index contributed by atoms with van der Waals surface area (Å²) in [5.74, 6) is 0. The van der Waals surface area contributed by atoms with Crippen LogP contribution in [-0.4, -0.2) is 36.1 Å². The molecule has 0 radical (unpaired) electrons. The topological polar surface area (TPSA) is 28.2 Å². The number of hydrogen-bond donors (Lipinski definition) is 1. The second-order valence-corrected chi connectivity index (χ2v) is 6.23. The monoisotopic (exact) mass is 297 g/mol. The van der Waals surface area contributed by atoms with Crippen molar-refractivity contribution in [2.45, 2.75) is 38.6 Å². The minimum absolute atomic E-state index is 0.471. The van der Waals surface area contributed by atoms with Gasteiger partial charge < -0.3 is 5.32 Å². The maximum Gasteiger partial charge on any atom is 0.0706 e. The van der Waals surface area contributed by atoms with Gasteiger partial charge in [-0.15, -0.1) is 0 Å². The fourth-order valence-corrected chi connectivity index (χ4v) is 3.37. The lowest BCUT2D eigenvalue weighted by Gasteiger charge is -2.34. The van der Waals surface area contributed by atoms with Crippen molar-refractivity contribution in [2.24, 2.45) is 0 Å². The number of nitrogens with zero attached hydrogens (tertiary/aromatic N) is 2. The molecule has 3 nitrogen and oxygen atoms in total. The van der Waals surface area contributed by atoms with Crippen molar-refractivity contribution in [1.29, 1.82) is 0 Å². The first-order valence-electron chi connectivity index (χ1n) is 8.69. The fraction of sp³-hybridized carbons (Fsp3) is 0.526. The molecule has 118 valence electrons. The lowest BCUT2D eigenvalue weighted by Crippen LogP contribution is -2.45. The summed E-state index contributed by atoms with van der Waals surface area (Å²) in [6.45, 7) is 6.72. The molecule has 1 atom stereocenters. The van der Waals surface area contributed by atoms with E-state index in [1.54, 1.807) is 0 Å². The van der Waals surface area contributed by atoms with Crippen LogP contribution in [0.25, 0.3) is 10.9 Å². The SMILES string of the molecule is CCCCC[C@@H](c1ccc2ccccc2n1)N1CCNCC1. The van der Waals surface area contributed by atoms with Crippen molar-refractivity contribution in [2.75, 3.05) is 26.2 Å². The van der Waals surface area contributed by atoms with Crippen molar-refractivity contribution in [3.8, 4) is 0 Å². The van der Waals surface area contributed by atoms with Crippen molar-refractivity contribution in [3.05, 3.63) is 42.1 Å². The van der Waals surface area contributed by atoms with Gasteiger partial charge in [0.15, 0.2) is 0 Å². The number of pyridine rings is 1. The zero-order chi connectivity index (χ0) is 15.2. The number of hydrogen-bond acceptors (Lipinski definition) is 3. The smallest absolute Gasteiger partial charge is 0.0706 e. The van der Waals surface area contributed by atoms with E-state index >= 15 is 0 Å². The lowest BCUT2D eigenvalue weighted by atomic mass is 10.0. The molecule has 1 aromatic carbocycles. The van der Waals surface area contributed by atoms with Crippen LogP contribution in [0.15, 0.2) is 36.4 Å². The second kappa shape index (κ2) is 7.70. The van der Waals surface area contributed by atoms with Gasteiger partial charge in [0.05, 0.1) is 17.3 Å². The fourth-order valence-electron chi connectivity index (χ4n) is 3.37. The van der Waals surface area contributed by atoms with Gasteiger partial charge >= 0.3 is 0 Å². The van der Waals surface area contributed by atoms with Gasteiger partial charge in [-0.2, -0.15) is 0 Å². The highest BCUT2D eigenvalue weighted by Crippen LogP contribution is 2.27. The molecule has 2 heterocycles. The van der Waals surface area contributed by atoms with E-state index in [2.05, 4.69) is 53.5 Å². The molecule has 0 unspecified atom stereocenters. The predicted molar refractivity (Wildman–Crippen MR) is 93.1 cm³/mol. The van der Waals surface area contributed by atoms with Gasteiger partial charge in [-0.3, -0.25) is 9.88 Å². The number of nitrogens with one attached hydrogen (secondary N) is 1. The molecular formula is C19H27N3. The Morgan fingerprint density at radius 3 is 2.73 bits per heavy atom. The number of aromatic nitrogens is 1. The van der Waals surface area contributed by atoms with E-state index in [0.717, 1.165) is 31.7 Å². The van der Waals surface area contributed by atoms with Crippen molar-refractivity contribution in [1.82, 2.24) is 15.2 Å². The molecule has 0 aliphatic carbocycles. The maximum absolute atomic E-state index is 4.97. The molecule has 0 spiro atoms. The van der Waals surface area contributed by atoms with E-state index in [4.69, 9.17) is 4.98 Å². The molecule has 1 aliphatic rings. The number of para-hydroxylation sites is 1. The first kappa shape index (κ1) is 15.4. The summed E-state index contributed by atoms with van der Waals surface area (Å²) in [5, 5.41) is 4.69. The highest BCUT2D eigenvalue weighted by molar-refractivity contribution is 5.78. The van der Waals surface area contributed by atoms with E-state index in [-0.39, 0.29) is 0 Å². The number of fused-ring (bicyclic) bond motifs is 1. The summed E-state index contributed by atoms with van der Waals surface area (Å²) < 4.78 is 0. The third kappa shape index (κ3) is 3.65. The molecule has 3 heteroatoms. The van der Waals surface area contributed by atoms with Crippen LogP contribution in [0.4, 0.5) is 0 Å². The van der Waals surface area contributed by atoms with Crippen LogP contribution in [0, 0.1) is 0 Å². The zero-order valence-electron chi connectivity index (χ0n) is 13.6. The van der Waals surface area contributed by atoms with E-state index in [9.17, 15) is 0 Å². The molecule has 1 aliphatic heterocycles. The molecule has 0 amide bonds. The lowest BCUT2D eigenvalue weighted by molar-refractivity contribution is 0.160. The Bertz CT molecular complexity index is 590. The highest BCUT2D eigenvalue weighted by Gasteiger charge is 2.22. The molecule has 1 aromatic heterocycles. The first-order chi connectivity index (χ1) is 10.9. The van der Waals surface area contributed by atoms with Gasteiger partial charge in [0.25, 0.3) is 0 Å². The minimum atomic E-state index is 0.471. The number of rotatable bonds is 6. The Hall–Kier alpha value is -1.45. The van der Waals surface area contributed by atoms with Crippen LogP contribution in [-0.2, 0) is 0 Å². The second-order valence-electron chi connectivity index (χ2n) is 6.23. The predicted octanol–water partition coefficient (Wildman–Crippen LogP) is 3.76. The van der Waals surface area contributed by atoms with E-state index < -0.39 is 0 Å².